The van der Waals surface area contributed by atoms with Gasteiger partial charge in [-0.05, 0) is 36.6 Å². The van der Waals surface area contributed by atoms with Crippen LogP contribution in [0.5, 0.6) is 0 Å². The fraction of sp³-hybridized carbons (Fsp3) is 0.250. The molecular formula is C12H13N. The number of aromatic nitrogens is 1. The van der Waals surface area contributed by atoms with Crippen molar-refractivity contribution in [3.8, 4) is 0 Å². The van der Waals surface area contributed by atoms with Crippen molar-refractivity contribution in [2.75, 3.05) is 0 Å². The van der Waals surface area contributed by atoms with Gasteiger partial charge in [0.25, 0.3) is 0 Å². The van der Waals surface area contributed by atoms with Gasteiger partial charge in [-0.1, -0.05) is 19.1 Å². The molecule has 1 heterocycles. The molecule has 0 amide bonds. The van der Waals surface area contributed by atoms with Crippen molar-refractivity contribution < 1.29 is 0 Å². The first kappa shape index (κ1) is 8.24. The van der Waals surface area contributed by atoms with Gasteiger partial charge < -0.3 is 0 Å². The van der Waals surface area contributed by atoms with Gasteiger partial charge >= 0.3 is 0 Å². The standard InChI is InChI=1S/C12H13N/c1-3-10-7-11-9(2)5-4-6-12(11)13-8-10/h4-8H,3H2,1-2H3. The largest absolute Gasteiger partial charge is 0.256 e. The van der Waals surface area contributed by atoms with Gasteiger partial charge in [-0.2, -0.15) is 0 Å². The molecule has 0 aliphatic carbocycles. The maximum absolute atomic E-state index is 4.41. The fourth-order valence-electron chi connectivity index (χ4n) is 1.53. The summed E-state index contributed by atoms with van der Waals surface area (Å²) in [4.78, 5) is 4.41. The van der Waals surface area contributed by atoms with Gasteiger partial charge in [0.05, 0.1) is 5.52 Å². The molecule has 66 valence electrons. The molecule has 1 aromatic carbocycles. The van der Waals surface area contributed by atoms with Gasteiger partial charge in [-0.15, -0.1) is 0 Å². The molecule has 0 fully saturated rings. The van der Waals surface area contributed by atoms with E-state index in [1.165, 1.54) is 16.5 Å². The Morgan fingerprint density at radius 3 is 2.92 bits per heavy atom. The van der Waals surface area contributed by atoms with E-state index >= 15 is 0 Å². The molecule has 0 N–H and O–H groups in total. The SMILES string of the molecule is CCc1cnc2cccc(C)c2c1. The number of aryl methyl sites for hydroxylation is 2. The van der Waals surface area contributed by atoms with Crippen molar-refractivity contribution in [1.29, 1.82) is 0 Å². The zero-order valence-corrected chi connectivity index (χ0v) is 8.04. The number of rotatable bonds is 1. The lowest BCUT2D eigenvalue weighted by Crippen LogP contribution is -1.86. The second-order valence-corrected chi connectivity index (χ2v) is 3.34. The van der Waals surface area contributed by atoms with Crippen LogP contribution in [0.4, 0.5) is 0 Å². The Kier molecular flexibility index (Phi) is 2.01. The third-order valence-corrected chi connectivity index (χ3v) is 2.41. The molecule has 2 aromatic rings. The lowest BCUT2D eigenvalue weighted by Gasteiger charge is -2.02. The zero-order valence-electron chi connectivity index (χ0n) is 8.04. The van der Waals surface area contributed by atoms with Crippen LogP contribution < -0.4 is 0 Å². The first-order chi connectivity index (χ1) is 6.31. The first-order valence-corrected chi connectivity index (χ1v) is 4.65. The summed E-state index contributed by atoms with van der Waals surface area (Å²) >= 11 is 0. The molecule has 0 saturated heterocycles. The molecule has 0 aliphatic heterocycles. The smallest absolute Gasteiger partial charge is 0.0704 e. The molecule has 0 radical (unpaired) electrons. The topological polar surface area (TPSA) is 12.9 Å². The summed E-state index contributed by atoms with van der Waals surface area (Å²) in [5.41, 5.74) is 3.71. The second-order valence-electron chi connectivity index (χ2n) is 3.34. The zero-order chi connectivity index (χ0) is 9.26. The van der Waals surface area contributed by atoms with E-state index in [0.29, 0.717) is 0 Å². The normalized spacial score (nSPS) is 10.6. The van der Waals surface area contributed by atoms with Gasteiger partial charge in [0.15, 0.2) is 0 Å². The summed E-state index contributed by atoms with van der Waals surface area (Å²) in [7, 11) is 0. The molecule has 0 bridgehead atoms. The Morgan fingerprint density at radius 1 is 1.31 bits per heavy atom. The number of fused-ring (bicyclic) bond motifs is 1. The van der Waals surface area contributed by atoms with E-state index in [-0.39, 0.29) is 0 Å². The molecule has 0 saturated carbocycles. The highest BCUT2D eigenvalue weighted by atomic mass is 14.6. The van der Waals surface area contributed by atoms with Gasteiger partial charge in [0, 0.05) is 11.6 Å². The summed E-state index contributed by atoms with van der Waals surface area (Å²) in [5, 5.41) is 1.28. The molecule has 1 heteroatoms. The van der Waals surface area contributed by atoms with Crippen LogP contribution >= 0.6 is 0 Å². The minimum atomic E-state index is 1.05. The maximum atomic E-state index is 4.41. The van der Waals surface area contributed by atoms with Crippen molar-refractivity contribution >= 4 is 10.9 Å². The highest BCUT2D eigenvalue weighted by Crippen LogP contribution is 2.17. The van der Waals surface area contributed by atoms with Gasteiger partial charge in [0.2, 0.25) is 0 Å². The summed E-state index contributed by atoms with van der Waals surface area (Å²) in [5.74, 6) is 0. The quantitative estimate of drug-likeness (QED) is 0.642. The minimum absolute atomic E-state index is 1.05. The van der Waals surface area contributed by atoms with Crippen LogP contribution in [0, 0.1) is 6.92 Å². The van der Waals surface area contributed by atoms with Crippen molar-refractivity contribution in [2.45, 2.75) is 20.3 Å². The average molecular weight is 171 g/mol. The molecule has 0 spiro atoms. The molecule has 0 atom stereocenters. The summed E-state index contributed by atoms with van der Waals surface area (Å²) in [6, 6.07) is 8.47. The molecule has 1 nitrogen and oxygen atoms in total. The van der Waals surface area contributed by atoms with Crippen molar-refractivity contribution in [1.82, 2.24) is 4.98 Å². The molecule has 0 unspecified atom stereocenters. The third kappa shape index (κ3) is 1.42. The Balaban J connectivity index is 2.74. The summed E-state index contributed by atoms with van der Waals surface area (Å²) in [6.45, 7) is 4.28. The number of nitrogens with zero attached hydrogens (tertiary/aromatic N) is 1. The predicted octanol–water partition coefficient (Wildman–Crippen LogP) is 3.11. The van der Waals surface area contributed by atoms with E-state index < -0.39 is 0 Å². The monoisotopic (exact) mass is 171 g/mol. The molecule has 1 aromatic heterocycles. The molecule has 13 heavy (non-hydrogen) atoms. The fourth-order valence-corrected chi connectivity index (χ4v) is 1.53. The molecular weight excluding hydrogens is 158 g/mol. The predicted molar refractivity (Wildman–Crippen MR) is 55.9 cm³/mol. The molecule has 0 aliphatic rings. The van der Waals surface area contributed by atoms with Crippen LogP contribution in [0.3, 0.4) is 0 Å². The van der Waals surface area contributed by atoms with E-state index in [0.717, 1.165) is 11.9 Å². The van der Waals surface area contributed by atoms with Gasteiger partial charge in [-0.3, -0.25) is 4.98 Å². The number of hydrogen-bond acceptors (Lipinski definition) is 1. The number of benzene rings is 1. The first-order valence-electron chi connectivity index (χ1n) is 4.65. The maximum Gasteiger partial charge on any atom is 0.0704 e. The highest BCUT2D eigenvalue weighted by molar-refractivity contribution is 5.82. The van der Waals surface area contributed by atoms with Crippen molar-refractivity contribution in [2.24, 2.45) is 0 Å². The Hall–Kier alpha value is -1.37. The second kappa shape index (κ2) is 3.17. The average Bonchev–Trinajstić information content (AvgIpc) is 2.18. The van der Waals surface area contributed by atoms with Crippen molar-refractivity contribution in [3.63, 3.8) is 0 Å². The van der Waals surface area contributed by atoms with E-state index in [4.69, 9.17) is 0 Å². The minimum Gasteiger partial charge on any atom is -0.256 e. The van der Waals surface area contributed by atoms with E-state index in [1.54, 1.807) is 0 Å². The number of hydrogen-bond donors (Lipinski definition) is 0. The van der Waals surface area contributed by atoms with Crippen LogP contribution in [-0.4, -0.2) is 4.98 Å². The Labute approximate surface area is 78.4 Å². The van der Waals surface area contributed by atoms with Gasteiger partial charge in [0.1, 0.15) is 0 Å². The molecule has 2 rings (SSSR count). The highest BCUT2D eigenvalue weighted by Gasteiger charge is 1.98. The summed E-state index contributed by atoms with van der Waals surface area (Å²) in [6.07, 6.45) is 3.01. The summed E-state index contributed by atoms with van der Waals surface area (Å²) < 4.78 is 0. The van der Waals surface area contributed by atoms with E-state index in [9.17, 15) is 0 Å². The third-order valence-electron chi connectivity index (χ3n) is 2.41. The van der Waals surface area contributed by atoms with Crippen molar-refractivity contribution in [3.05, 3.63) is 41.6 Å². The van der Waals surface area contributed by atoms with Crippen LogP contribution in [-0.2, 0) is 6.42 Å². The van der Waals surface area contributed by atoms with Crippen LogP contribution in [0.1, 0.15) is 18.1 Å². The van der Waals surface area contributed by atoms with Crippen LogP contribution in [0.2, 0.25) is 0 Å². The Bertz CT molecular complexity index is 432. The van der Waals surface area contributed by atoms with Gasteiger partial charge in [-0.25, -0.2) is 0 Å². The Morgan fingerprint density at radius 2 is 2.15 bits per heavy atom. The lowest BCUT2D eigenvalue weighted by molar-refractivity contribution is 1.12. The lowest BCUT2D eigenvalue weighted by atomic mass is 10.1. The van der Waals surface area contributed by atoms with E-state index in [1.807, 2.05) is 6.20 Å². The van der Waals surface area contributed by atoms with Crippen LogP contribution in [0.15, 0.2) is 30.5 Å². The van der Waals surface area contributed by atoms with Crippen LogP contribution in [0.25, 0.3) is 10.9 Å². The van der Waals surface area contributed by atoms with E-state index in [2.05, 4.69) is 43.1 Å². The number of pyridine rings is 1.